The maximum Gasteiger partial charge on any atom is -0.0131 e. The van der Waals surface area contributed by atoms with Gasteiger partial charge < -0.3 is 0 Å². The molecule has 68 valence electrons. The summed E-state index contributed by atoms with van der Waals surface area (Å²) >= 11 is 0. The average molecular weight is 172 g/mol. The molecule has 0 aliphatic heterocycles. The fourth-order valence-corrected chi connectivity index (χ4v) is 3.35. The van der Waals surface area contributed by atoms with Gasteiger partial charge in [-0.1, -0.05) is 36.8 Å². The number of rotatable bonds is 1. The second-order valence-electron chi connectivity index (χ2n) is 4.69. The molecule has 2 bridgehead atoms. The molecule has 1 aromatic carbocycles. The van der Waals surface area contributed by atoms with E-state index in [2.05, 4.69) is 30.3 Å². The van der Waals surface area contributed by atoms with Gasteiger partial charge >= 0.3 is 0 Å². The van der Waals surface area contributed by atoms with E-state index in [1.165, 1.54) is 25.7 Å². The first-order valence-electron chi connectivity index (χ1n) is 5.48. The van der Waals surface area contributed by atoms with Crippen molar-refractivity contribution in [3.8, 4) is 0 Å². The van der Waals surface area contributed by atoms with Crippen LogP contribution in [0.5, 0.6) is 0 Å². The van der Waals surface area contributed by atoms with Crippen molar-refractivity contribution in [2.75, 3.05) is 0 Å². The second-order valence-corrected chi connectivity index (χ2v) is 4.69. The van der Waals surface area contributed by atoms with Gasteiger partial charge in [0.25, 0.3) is 0 Å². The Balaban J connectivity index is 1.87. The standard InChI is InChI=1S/C13H16/c1-2-4-11(5-3-1)13-9-10-6-7-12(13)8-10/h1-5,10,12-13H,6-9H2/t10-,12+,13+/m1/s1. The Kier molecular flexibility index (Phi) is 1.68. The SMILES string of the molecule is c1ccc([C@@H]2C[C@@H]3CC[C@H]2C3)cc1. The Hall–Kier alpha value is -0.780. The molecule has 1 aromatic rings. The van der Waals surface area contributed by atoms with Gasteiger partial charge in [-0.3, -0.25) is 0 Å². The zero-order valence-electron chi connectivity index (χ0n) is 7.95. The molecule has 13 heavy (non-hydrogen) atoms. The summed E-state index contributed by atoms with van der Waals surface area (Å²) in [4.78, 5) is 0. The fourth-order valence-electron chi connectivity index (χ4n) is 3.35. The Bertz CT molecular complexity index is 288. The zero-order valence-corrected chi connectivity index (χ0v) is 7.95. The minimum atomic E-state index is 0.903. The Morgan fingerprint density at radius 1 is 0.923 bits per heavy atom. The van der Waals surface area contributed by atoms with Gasteiger partial charge in [-0.2, -0.15) is 0 Å². The molecule has 2 aliphatic rings. The van der Waals surface area contributed by atoms with E-state index in [1.54, 1.807) is 5.56 Å². The molecule has 0 heteroatoms. The van der Waals surface area contributed by atoms with Crippen molar-refractivity contribution < 1.29 is 0 Å². The first kappa shape index (κ1) is 7.61. The van der Waals surface area contributed by atoms with E-state index in [-0.39, 0.29) is 0 Å². The molecule has 2 saturated carbocycles. The monoisotopic (exact) mass is 172 g/mol. The lowest BCUT2D eigenvalue weighted by atomic mass is 9.84. The molecule has 2 fully saturated rings. The van der Waals surface area contributed by atoms with Gasteiger partial charge in [-0.25, -0.2) is 0 Å². The summed E-state index contributed by atoms with van der Waals surface area (Å²) in [7, 11) is 0. The smallest absolute Gasteiger partial charge is 0.0131 e. The van der Waals surface area contributed by atoms with Crippen LogP contribution in [0.3, 0.4) is 0 Å². The maximum absolute atomic E-state index is 2.31. The van der Waals surface area contributed by atoms with Gasteiger partial charge in [0.05, 0.1) is 0 Å². The summed E-state index contributed by atoms with van der Waals surface area (Å²) < 4.78 is 0. The zero-order chi connectivity index (χ0) is 8.67. The summed E-state index contributed by atoms with van der Waals surface area (Å²) in [6.45, 7) is 0. The quantitative estimate of drug-likeness (QED) is 0.607. The summed E-state index contributed by atoms with van der Waals surface area (Å²) in [5, 5.41) is 0. The van der Waals surface area contributed by atoms with Crippen LogP contribution in [-0.2, 0) is 0 Å². The van der Waals surface area contributed by atoms with Crippen molar-refractivity contribution in [3.63, 3.8) is 0 Å². The molecule has 3 atom stereocenters. The first-order chi connectivity index (χ1) is 6.43. The molecule has 0 nitrogen and oxygen atoms in total. The largest absolute Gasteiger partial charge is 0.0622 e. The molecule has 2 aliphatic carbocycles. The number of fused-ring (bicyclic) bond motifs is 2. The van der Waals surface area contributed by atoms with E-state index in [1.807, 2.05) is 0 Å². The van der Waals surface area contributed by atoms with Gasteiger partial charge in [-0.05, 0) is 42.6 Å². The van der Waals surface area contributed by atoms with Crippen molar-refractivity contribution >= 4 is 0 Å². The van der Waals surface area contributed by atoms with Crippen LogP contribution in [0.2, 0.25) is 0 Å². The highest BCUT2D eigenvalue weighted by Crippen LogP contribution is 2.52. The number of hydrogen-bond donors (Lipinski definition) is 0. The molecule has 3 rings (SSSR count). The highest BCUT2D eigenvalue weighted by molar-refractivity contribution is 5.22. The first-order valence-corrected chi connectivity index (χ1v) is 5.48. The van der Waals surface area contributed by atoms with Crippen LogP contribution in [-0.4, -0.2) is 0 Å². The van der Waals surface area contributed by atoms with Gasteiger partial charge in [0, 0.05) is 0 Å². The van der Waals surface area contributed by atoms with Crippen LogP contribution in [0, 0.1) is 11.8 Å². The lowest BCUT2D eigenvalue weighted by molar-refractivity contribution is 0.420. The summed E-state index contributed by atoms with van der Waals surface area (Å²) in [6, 6.07) is 11.1. The normalized spacial score (nSPS) is 36.8. The van der Waals surface area contributed by atoms with Crippen molar-refractivity contribution in [1.82, 2.24) is 0 Å². The third kappa shape index (κ3) is 1.20. The Labute approximate surface area is 80.0 Å². The Morgan fingerprint density at radius 2 is 1.77 bits per heavy atom. The fraction of sp³-hybridized carbons (Fsp3) is 0.538. The molecule has 0 amide bonds. The minimum Gasteiger partial charge on any atom is -0.0622 e. The average Bonchev–Trinajstić information content (AvgIpc) is 2.80. The molecule has 0 radical (unpaired) electrons. The predicted octanol–water partition coefficient (Wildman–Crippen LogP) is 3.59. The van der Waals surface area contributed by atoms with Crippen molar-refractivity contribution in [2.45, 2.75) is 31.6 Å². The van der Waals surface area contributed by atoms with E-state index < -0.39 is 0 Å². The second kappa shape index (κ2) is 2.87. The van der Waals surface area contributed by atoms with Crippen LogP contribution in [0.1, 0.15) is 37.2 Å². The van der Waals surface area contributed by atoms with Crippen molar-refractivity contribution in [3.05, 3.63) is 35.9 Å². The van der Waals surface area contributed by atoms with Crippen molar-refractivity contribution in [2.24, 2.45) is 11.8 Å². The lowest BCUT2D eigenvalue weighted by Gasteiger charge is -2.21. The van der Waals surface area contributed by atoms with Gasteiger partial charge in [-0.15, -0.1) is 0 Å². The van der Waals surface area contributed by atoms with Crippen LogP contribution in [0.4, 0.5) is 0 Å². The van der Waals surface area contributed by atoms with Crippen LogP contribution < -0.4 is 0 Å². The molecular weight excluding hydrogens is 156 g/mol. The summed E-state index contributed by atoms with van der Waals surface area (Å²) in [5.74, 6) is 2.99. The van der Waals surface area contributed by atoms with E-state index in [0.29, 0.717) is 0 Å². The highest BCUT2D eigenvalue weighted by Gasteiger charge is 2.39. The van der Waals surface area contributed by atoms with Gasteiger partial charge in [0.1, 0.15) is 0 Å². The van der Waals surface area contributed by atoms with E-state index >= 15 is 0 Å². The molecule has 0 heterocycles. The molecule has 0 spiro atoms. The predicted molar refractivity (Wildman–Crippen MR) is 54.6 cm³/mol. The van der Waals surface area contributed by atoms with Crippen LogP contribution >= 0.6 is 0 Å². The molecular formula is C13H16. The maximum atomic E-state index is 2.31. The molecule has 0 aromatic heterocycles. The minimum absolute atomic E-state index is 0.903. The number of benzene rings is 1. The molecule has 0 saturated heterocycles. The third-order valence-corrected chi connectivity index (χ3v) is 3.97. The topological polar surface area (TPSA) is 0 Å². The summed E-state index contributed by atoms with van der Waals surface area (Å²) in [6.07, 6.45) is 5.98. The number of hydrogen-bond acceptors (Lipinski definition) is 0. The lowest BCUT2D eigenvalue weighted by Crippen LogP contribution is -2.07. The third-order valence-electron chi connectivity index (χ3n) is 3.97. The molecule has 0 N–H and O–H groups in total. The van der Waals surface area contributed by atoms with E-state index in [9.17, 15) is 0 Å². The van der Waals surface area contributed by atoms with Gasteiger partial charge in [0.2, 0.25) is 0 Å². The van der Waals surface area contributed by atoms with Crippen molar-refractivity contribution in [1.29, 1.82) is 0 Å². The summed E-state index contributed by atoms with van der Waals surface area (Å²) in [5.41, 5.74) is 1.59. The van der Waals surface area contributed by atoms with Gasteiger partial charge in [0.15, 0.2) is 0 Å². The van der Waals surface area contributed by atoms with Crippen LogP contribution in [0.15, 0.2) is 30.3 Å². The highest BCUT2D eigenvalue weighted by atomic mass is 14.4. The Morgan fingerprint density at radius 3 is 2.38 bits per heavy atom. The molecule has 0 unspecified atom stereocenters. The van der Waals surface area contributed by atoms with Crippen LogP contribution in [0.25, 0.3) is 0 Å². The van der Waals surface area contributed by atoms with E-state index in [0.717, 1.165) is 17.8 Å². The van der Waals surface area contributed by atoms with E-state index in [4.69, 9.17) is 0 Å².